The van der Waals surface area contributed by atoms with Crippen molar-refractivity contribution in [1.29, 1.82) is 0 Å². The van der Waals surface area contributed by atoms with E-state index in [2.05, 4.69) is 13.8 Å². The van der Waals surface area contributed by atoms with Crippen LogP contribution in [-0.2, 0) is 5.88 Å². The largest absolute Gasteiger partial charge is 0.370 e. The molecule has 0 saturated carbocycles. The van der Waals surface area contributed by atoms with Gasteiger partial charge >= 0.3 is 0 Å². The van der Waals surface area contributed by atoms with Crippen molar-refractivity contribution in [2.75, 3.05) is 18.5 Å². The minimum Gasteiger partial charge on any atom is -0.370 e. The molecule has 0 aliphatic rings. The lowest BCUT2D eigenvalue weighted by Gasteiger charge is -2.22. The number of halogens is 3. The molecule has 0 saturated heterocycles. The van der Waals surface area contributed by atoms with Crippen LogP contribution in [-0.4, -0.2) is 13.6 Å². The van der Waals surface area contributed by atoms with Gasteiger partial charge in [0.15, 0.2) is 0 Å². The van der Waals surface area contributed by atoms with Crippen molar-refractivity contribution in [2.45, 2.75) is 26.1 Å². The SMILES string of the molecule is CC(C)CCN(C)c1c(F)cc(CCl)cc1F. The summed E-state index contributed by atoms with van der Waals surface area (Å²) >= 11 is 5.56. The first-order valence-electron chi connectivity index (χ1n) is 5.70. The standard InChI is InChI=1S/C13H18ClF2N/c1-9(2)4-5-17(3)13-11(15)6-10(8-14)7-12(13)16/h6-7,9H,4-5,8H2,1-3H3. The maximum Gasteiger partial charge on any atom is 0.149 e. The molecule has 0 aliphatic heterocycles. The van der Waals surface area contributed by atoms with Crippen LogP contribution in [0.4, 0.5) is 14.5 Å². The third kappa shape index (κ3) is 3.84. The quantitative estimate of drug-likeness (QED) is 0.719. The van der Waals surface area contributed by atoms with E-state index in [1.54, 1.807) is 11.9 Å². The van der Waals surface area contributed by atoms with Gasteiger partial charge in [-0.2, -0.15) is 0 Å². The summed E-state index contributed by atoms with van der Waals surface area (Å²) in [5, 5.41) is 0. The van der Waals surface area contributed by atoms with E-state index in [0.29, 0.717) is 18.0 Å². The summed E-state index contributed by atoms with van der Waals surface area (Å²) in [7, 11) is 1.70. The predicted molar refractivity (Wildman–Crippen MR) is 68.6 cm³/mol. The molecule has 0 bridgehead atoms. The third-order valence-electron chi connectivity index (χ3n) is 2.65. The van der Waals surface area contributed by atoms with Gasteiger partial charge in [0.05, 0.1) is 0 Å². The van der Waals surface area contributed by atoms with Crippen molar-refractivity contribution in [1.82, 2.24) is 0 Å². The van der Waals surface area contributed by atoms with Crippen molar-refractivity contribution < 1.29 is 8.78 Å². The topological polar surface area (TPSA) is 3.24 Å². The molecule has 0 radical (unpaired) electrons. The summed E-state index contributed by atoms with van der Waals surface area (Å²) in [6.45, 7) is 4.79. The molecule has 0 atom stereocenters. The molecule has 1 aromatic rings. The van der Waals surface area contributed by atoms with Crippen molar-refractivity contribution in [3.05, 3.63) is 29.3 Å². The Hall–Kier alpha value is -0.830. The zero-order valence-electron chi connectivity index (χ0n) is 10.4. The first-order chi connectivity index (χ1) is 7.95. The van der Waals surface area contributed by atoms with Gasteiger partial charge in [-0.15, -0.1) is 11.6 Å². The lowest BCUT2D eigenvalue weighted by Crippen LogP contribution is -2.22. The third-order valence-corrected chi connectivity index (χ3v) is 2.96. The molecule has 1 rings (SSSR count). The van der Waals surface area contributed by atoms with E-state index in [4.69, 9.17) is 11.6 Å². The van der Waals surface area contributed by atoms with Crippen molar-refractivity contribution in [3.8, 4) is 0 Å². The predicted octanol–water partition coefficient (Wildman–Crippen LogP) is 4.19. The van der Waals surface area contributed by atoms with E-state index < -0.39 is 11.6 Å². The Morgan fingerprint density at radius 2 is 1.76 bits per heavy atom. The van der Waals surface area contributed by atoms with Crippen molar-refractivity contribution in [3.63, 3.8) is 0 Å². The normalized spacial score (nSPS) is 11.0. The van der Waals surface area contributed by atoms with E-state index in [1.165, 1.54) is 12.1 Å². The Labute approximate surface area is 106 Å². The molecular formula is C13H18ClF2N. The van der Waals surface area contributed by atoms with Crippen LogP contribution in [0.25, 0.3) is 0 Å². The Bertz CT molecular complexity index is 357. The number of rotatable bonds is 5. The van der Waals surface area contributed by atoms with E-state index >= 15 is 0 Å². The molecule has 0 heterocycles. The molecule has 0 amide bonds. The highest BCUT2D eigenvalue weighted by atomic mass is 35.5. The second-order valence-electron chi connectivity index (χ2n) is 4.65. The molecule has 0 aliphatic carbocycles. The van der Waals surface area contributed by atoms with Gasteiger partial charge in [0.1, 0.15) is 17.3 Å². The Balaban J connectivity index is 2.89. The summed E-state index contributed by atoms with van der Waals surface area (Å²) in [6.07, 6.45) is 0.895. The maximum atomic E-state index is 13.7. The number of benzene rings is 1. The van der Waals surface area contributed by atoms with Gasteiger partial charge in [-0.25, -0.2) is 8.78 Å². The Kier molecular flexibility index (Phi) is 5.19. The van der Waals surface area contributed by atoms with Crippen LogP contribution in [0.5, 0.6) is 0 Å². The van der Waals surface area contributed by atoms with Gasteiger partial charge in [-0.3, -0.25) is 0 Å². The molecule has 17 heavy (non-hydrogen) atoms. The molecule has 1 nitrogen and oxygen atoms in total. The van der Waals surface area contributed by atoms with Crippen molar-refractivity contribution in [2.24, 2.45) is 5.92 Å². The molecule has 96 valence electrons. The number of hydrogen-bond acceptors (Lipinski definition) is 1. The van der Waals surface area contributed by atoms with E-state index in [9.17, 15) is 8.78 Å². The van der Waals surface area contributed by atoms with Crippen molar-refractivity contribution >= 4 is 17.3 Å². The molecule has 4 heteroatoms. The monoisotopic (exact) mass is 261 g/mol. The average Bonchev–Trinajstić information content (AvgIpc) is 2.25. The highest BCUT2D eigenvalue weighted by molar-refractivity contribution is 6.17. The van der Waals surface area contributed by atoms with E-state index in [-0.39, 0.29) is 11.6 Å². The van der Waals surface area contributed by atoms with Gasteiger partial charge in [0.2, 0.25) is 0 Å². The summed E-state index contributed by atoms with van der Waals surface area (Å²) < 4.78 is 27.5. The van der Waals surface area contributed by atoms with Gasteiger partial charge in [0, 0.05) is 19.5 Å². The minimum absolute atomic E-state index is 0.0273. The summed E-state index contributed by atoms with van der Waals surface area (Å²) in [5.74, 6) is -0.478. The molecule has 0 aromatic heterocycles. The van der Waals surface area contributed by atoms with Crippen LogP contribution in [0.2, 0.25) is 0 Å². The zero-order chi connectivity index (χ0) is 13.0. The van der Waals surface area contributed by atoms with Crippen LogP contribution in [0.3, 0.4) is 0 Å². The fourth-order valence-electron chi connectivity index (χ4n) is 1.62. The van der Waals surface area contributed by atoms with Gasteiger partial charge < -0.3 is 4.90 Å². The highest BCUT2D eigenvalue weighted by Gasteiger charge is 2.15. The first-order valence-corrected chi connectivity index (χ1v) is 6.24. The Morgan fingerprint density at radius 1 is 1.24 bits per heavy atom. The lowest BCUT2D eigenvalue weighted by atomic mass is 10.1. The second-order valence-corrected chi connectivity index (χ2v) is 4.91. The summed E-state index contributed by atoms with van der Waals surface area (Å²) in [5.41, 5.74) is 0.488. The fraction of sp³-hybridized carbons (Fsp3) is 0.538. The van der Waals surface area contributed by atoms with E-state index in [1.807, 2.05) is 0 Å². The van der Waals surface area contributed by atoms with Gasteiger partial charge in [0.25, 0.3) is 0 Å². The molecule has 0 spiro atoms. The zero-order valence-corrected chi connectivity index (χ0v) is 11.2. The maximum absolute atomic E-state index is 13.7. The smallest absolute Gasteiger partial charge is 0.149 e. The number of hydrogen-bond donors (Lipinski definition) is 0. The first kappa shape index (κ1) is 14.2. The lowest BCUT2D eigenvalue weighted by molar-refractivity contribution is 0.551. The number of nitrogens with zero attached hydrogens (tertiary/aromatic N) is 1. The van der Waals surface area contributed by atoms with Crippen LogP contribution >= 0.6 is 11.6 Å². The molecule has 0 N–H and O–H groups in total. The second kappa shape index (κ2) is 6.20. The van der Waals surface area contributed by atoms with Crippen LogP contribution in [0.1, 0.15) is 25.8 Å². The highest BCUT2D eigenvalue weighted by Crippen LogP contribution is 2.25. The van der Waals surface area contributed by atoms with E-state index in [0.717, 1.165) is 6.42 Å². The average molecular weight is 262 g/mol. The van der Waals surface area contributed by atoms with Crippen LogP contribution in [0, 0.1) is 17.6 Å². The number of alkyl halides is 1. The minimum atomic E-state index is -0.549. The summed E-state index contributed by atoms with van der Waals surface area (Å²) in [4.78, 5) is 1.61. The summed E-state index contributed by atoms with van der Waals surface area (Å²) in [6, 6.07) is 2.58. The van der Waals surface area contributed by atoms with Crippen LogP contribution in [0.15, 0.2) is 12.1 Å². The molecular weight excluding hydrogens is 244 g/mol. The van der Waals surface area contributed by atoms with Gasteiger partial charge in [-0.05, 0) is 30.0 Å². The molecule has 1 aromatic carbocycles. The molecule has 0 unspecified atom stereocenters. The van der Waals surface area contributed by atoms with Crippen LogP contribution < -0.4 is 4.90 Å². The number of anilines is 1. The molecule has 0 fully saturated rings. The Morgan fingerprint density at radius 3 is 2.18 bits per heavy atom. The van der Waals surface area contributed by atoms with Gasteiger partial charge in [-0.1, -0.05) is 13.8 Å². The fourth-order valence-corrected chi connectivity index (χ4v) is 1.78.